The van der Waals surface area contributed by atoms with Crippen molar-refractivity contribution < 1.29 is 9.21 Å². The lowest BCUT2D eigenvalue weighted by Crippen LogP contribution is -2.23. The SMILES string of the molecule is C[C@@H](Sc1nnc(-c2ccc(C(C)(C)C)cc2)n1Cc1ccco1)C(=O)Nc1ccc(Cl)cn1. The molecule has 0 aliphatic rings. The van der Waals surface area contributed by atoms with Crippen molar-refractivity contribution in [3.63, 3.8) is 0 Å². The summed E-state index contributed by atoms with van der Waals surface area (Å²) in [7, 11) is 0. The van der Waals surface area contributed by atoms with Gasteiger partial charge in [-0.05, 0) is 42.2 Å². The van der Waals surface area contributed by atoms with E-state index in [1.807, 2.05) is 23.6 Å². The molecule has 0 spiro atoms. The Labute approximate surface area is 208 Å². The van der Waals surface area contributed by atoms with Gasteiger partial charge in [-0.15, -0.1) is 10.2 Å². The van der Waals surface area contributed by atoms with E-state index < -0.39 is 5.25 Å². The molecule has 0 fully saturated rings. The molecule has 34 heavy (non-hydrogen) atoms. The number of anilines is 1. The molecular weight excluding hydrogens is 470 g/mol. The Balaban J connectivity index is 1.58. The van der Waals surface area contributed by atoms with Gasteiger partial charge in [-0.1, -0.05) is 68.4 Å². The number of amides is 1. The normalized spacial score (nSPS) is 12.5. The molecule has 0 saturated heterocycles. The molecule has 1 amide bonds. The molecule has 0 saturated carbocycles. The number of rotatable bonds is 7. The second-order valence-electron chi connectivity index (χ2n) is 8.91. The number of hydrogen-bond donors (Lipinski definition) is 1. The summed E-state index contributed by atoms with van der Waals surface area (Å²) in [4.78, 5) is 16.9. The van der Waals surface area contributed by atoms with Gasteiger partial charge in [0.1, 0.15) is 11.6 Å². The maximum absolute atomic E-state index is 12.8. The van der Waals surface area contributed by atoms with Crippen LogP contribution in [0, 0.1) is 0 Å². The summed E-state index contributed by atoms with van der Waals surface area (Å²) in [5.41, 5.74) is 2.24. The number of carbonyl (C=O) groups excluding carboxylic acids is 1. The zero-order valence-electron chi connectivity index (χ0n) is 19.4. The molecule has 1 N–H and O–H groups in total. The first-order valence-corrected chi connectivity index (χ1v) is 12.1. The van der Waals surface area contributed by atoms with E-state index in [1.54, 1.807) is 18.4 Å². The number of nitrogens with zero attached hydrogens (tertiary/aromatic N) is 4. The van der Waals surface area contributed by atoms with Crippen molar-refractivity contribution >= 4 is 35.1 Å². The third kappa shape index (κ3) is 5.69. The molecular formula is C25H26ClN5O2S. The summed E-state index contributed by atoms with van der Waals surface area (Å²) < 4.78 is 7.55. The predicted molar refractivity (Wildman–Crippen MR) is 135 cm³/mol. The standard InChI is InChI=1S/C25H26ClN5O2S/c1-16(23(32)28-21-12-11-19(26)14-27-21)34-24-30-29-22(31(24)15-20-6-5-13-33-20)17-7-9-18(10-8-17)25(2,3)4/h5-14,16H,15H2,1-4H3,(H,27,28,32)/t16-/m1/s1. The Morgan fingerprint density at radius 1 is 1.15 bits per heavy atom. The first-order chi connectivity index (χ1) is 16.2. The van der Waals surface area contributed by atoms with Crippen LogP contribution in [0.3, 0.4) is 0 Å². The summed E-state index contributed by atoms with van der Waals surface area (Å²) in [5.74, 6) is 1.74. The highest BCUT2D eigenvalue weighted by atomic mass is 35.5. The number of pyridine rings is 1. The van der Waals surface area contributed by atoms with E-state index in [0.717, 1.165) is 11.3 Å². The molecule has 0 bridgehead atoms. The highest BCUT2D eigenvalue weighted by molar-refractivity contribution is 8.00. The maximum Gasteiger partial charge on any atom is 0.238 e. The number of nitrogens with one attached hydrogen (secondary N) is 1. The fraction of sp³-hybridized carbons (Fsp3) is 0.280. The fourth-order valence-corrected chi connectivity index (χ4v) is 4.26. The highest BCUT2D eigenvalue weighted by Crippen LogP contribution is 2.30. The van der Waals surface area contributed by atoms with Gasteiger partial charge in [-0.25, -0.2) is 4.98 Å². The lowest BCUT2D eigenvalue weighted by atomic mass is 9.87. The van der Waals surface area contributed by atoms with Crippen LogP contribution in [-0.2, 0) is 16.8 Å². The molecule has 0 aliphatic carbocycles. The first kappa shape index (κ1) is 24.0. The minimum absolute atomic E-state index is 0.0587. The van der Waals surface area contributed by atoms with Gasteiger partial charge in [-0.2, -0.15) is 0 Å². The molecule has 1 atom stereocenters. The summed E-state index contributed by atoms with van der Waals surface area (Å²) in [6.07, 6.45) is 3.13. The Bertz CT molecular complexity index is 1250. The largest absolute Gasteiger partial charge is 0.467 e. The van der Waals surface area contributed by atoms with Crippen LogP contribution in [-0.4, -0.2) is 30.9 Å². The van der Waals surface area contributed by atoms with E-state index in [-0.39, 0.29) is 11.3 Å². The number of halogens is 1. The molecule has 3 heterocycles. The zero-order valence-corrected chi connectivity index (χ0v) is 21.0. The van der Waals surface area contributed by atoms with Gasteiger partial charge in [-0.3, -0.25) is 9.36 Å². The van der Waals surface area contributed by atoms with Crippen LogP contribution < -0.4 is 5.32 Å². The van der Waals surface area contributed by atoms with E-state index in [1.165, 1.54) is 23.5 Å². The van der Waals surface area contributed by atoms with Crippen LogP contribution in [0.4, 0.5) is 5.82 Å². The molecule has 3 aromatic heterocycles. The Morgan fingerprint density at radius 2 is 1.91 bits per heavy atom. The lowest BCUT2D eigenvalue weighted by molar-refractivity contribution is -0.115. The first-order valence-electron chi connectivity index (χ1n) is 10.9. The van der Waals surface area contributed by atoms with E-state index in [9.17, 15) is 4.79 Å². The summed E-state index contributed by atoms with van der Waals surface area (Å²) in [5, 5.41) is 12.4. The summed E-state index contributed by atoms with van der Waals surface area (Å²) in [6, 6.07) is 15.4. The van der Waals surface area contributed by atoms with Crippen LogP contribution in [0.1, 0.15) is 39.0 Å². The molecule has 4 rings (SSSR count). The van der Waals surface area contributed by atoms with Crippen LogP contribution in [0.2, 0.25) is 5.02 Å². The topological polar surface area (TPSA) is 85.8 Å². The van der Waals surface area contributed by atoms with Crippen LogP contribution >= 0.6 is 23.4 Å². The molecule has 0 aliphatic heterocycles. The fourth-order valence-electron chi connectivity index (χ4n) is 3.30. The van der Waals surface area contributed by atoms with E-state index >= 15 is 0 Å². The van der Waals surface area contributed by atoms with Crippen LogP contribution in [0.5, 0.6) is 0 Å². The number of hydrogen-bond acceptors (Lipinski definition) is 6. The smallest absolute Gasteiger partial charge is 0.238 e. The number of benzene rings is 1. The molecule has 0 unspecified atom stereocenters. The van der Waals surface area contributed by atoms with E-state index in [4.69, 9.17) is 16.0 Å². The summed E-state index contributed by atoms with van der Waals surface area (Å²) >= 11 is 7.20. The number of furan rings is 1. The number of carbonyl (C=O) groups is 1. The molecule has 176 valence electrons. The van der Waals surface area contributed by atoms with Gasteiger partial charge in [0.05, 0.1) is 23.1 Å². The third-order valence-corrected chi connectivity index (χ3v) is 6.55. The summed E-state index contributed by atoms with van der Waals surface area (Å²) in [6.45, 7) is 8.82. The van der Waals surface area contributed by atoms with Gasteiger partial charge in [0, 0.05) is 11.8 Å². The van der Waals surface area contributed by atoms with Crippen molar-refractivity contribution in [2.75, 3.05) is 5.32 Å². The van der Waals surface area contributed by atoms with E-state index in [0.29, 0.717) is 28.4 Å². The Hall–Kier alpha value is -3.10. The van der Waals surface area contributed by atoms with Gasteiger partial charge < -0.3 is 9.73 Å². The Kier molecular flexibility index (Phi) is 7.09. The average Bonchev–Trinajstić information content (AvgIpc) is 3.45. The highest BCUT2D eigenvalue weighted by Gasteiger charge is 2.22. The van der Waals surface area contributed by atoms with Crippen molar-refractivity contribution in [3.05, 3.63) is 77.3 Å². The number of thioether (sulfide) groups is 1. The molecule has 0 radical (unpaired) electrons. The predicted octanol–water partition coefficient (Wildman–Crippen LogP) is 6.05. The van der Waals surface area contributed by atoms with Crippen molar-refractivity contribution in [1.29, 1.82) is 0 Å². The average molecular weight is 496 g/mol. The minimum atomic E-state index is -0.437. The second-order valence-corrected chi connectivity index (χ2v) is 10.7. The third-order valence-electron chi connectivity index (χ3n) is 5.25. The second kappa shape index (κ2) is 10.0. The van der Waals surface area contributed by atoms with E-state index in [2.05, 4.69) is 65.5 Å². The van der Waals surface area contributed by atoms with Gasteiger partial charge >= 0.3 is 0 Å². The van der Waals surface area contributed by atoms with Crippen LogP contribution in [0.25, 0.3) is 11.4 Å². The molecule has 4 aromatic rings. The van der Waals surface area contributed by atoms with Gasteiger partial charge in [0.15, 0.2) is 11.0 Å². The lowest BCUT2D eigenvalue weighted by Gasteiger charge is -2.19. The van der Waals surface area contributed by atoms with Crippen molar-refractivity contribution in [1.82, 2.24) is 19.7 Å². The van der Waals surface area contributed by atoms with Crippen molar-refractivity contribution in [2.24, 2.45) is 0 Å². The van der Waals surface area contributed by atoms with Gasteiger partial charge in [0.25, 0.3) is 0 Å². The maximum atomic E-state index is 12.8. The molecule has 1 aromatic carbocycles. The van der Waals surface area contributed by atoms with Gasteiger partial charge in [0.2, 0.25) is 5.91 Å². The Morgan fingerprint density at radius 3 is 2.53 bits per heavy atom. The quantitative estimate of drug-likeness (QED) is 0.314. The zero-order chi connectivity index (χ0) is 24.3. The van der Waals surface area contributed by atoms with Crippen molar-refractivity contribution in [3.8, 4) is 11.4 Å². The minimum Gasteiger partial charge on any atom is -0.467 e. The molecule has 7 nitrogen and oxygen atoms in total. The van der Waals surface area contributed by atoms with Crippen molar-refractivity contribution in [2.45, 2.75) is 50.1 Å². The van der Waals surface area contributed by atoms with Crippen LogP contribution in [0.15, 0.2) is 70.6 Å². The number of aromatic nitrogens is 4. The monoisotopic (exact) mass is 495 g/mol. The molecule has 9 heteroatoms.